The normalized spacial score (nSPS) is 14.7. The van der Waals surface area contributed by atoms with Crippen molar-refractivity contribution in [3.8, 4) is 5.75 Å². The monoisotopic (exact) mass is 277 g/mol. The highest BCUT2D eigenvalue weighted by atomic mass is 19.4. The number of phenolic OH excluding ortho intramolecular Hbond substituents is 1. The molecule has 0 aliphatic carbocycles. The molecule has 1 rings (SSSR count). The third-order valence-electron chi connectivity index (χ3n) is 2.09. The Morgan fingerprint density at radius 3 is 1.94 bits per heavy atom. The van der Waals surface area contributed by atoms with Gasteiger partial charge in [-0.2, -0.15) is 26.3 Å². The molecule has 1 atom stereocenters. The highest BCUT2D eigenvalue weighted by molar-refractivity contribution is 5.44. The fraction of sp³-hybridized carbons (Fsp3) is 0.333. The smallest absolute Gasteiger partial charge is 0.416 e. The summed E-state index contributed by atoms with van der Waals surface area (Å²) in [4.78, 5) is 0. The van der Waals surface area contributed by atoms with E-state index in [4.69, 9.17) is 5.11 Å². The molecule has 0 aliphatic heterocycles. The Hall–Kier alpha value is -1.51. The van der Waals surface area contributed by atoms with Gasteiger partial charge in [-0.05, 0) is 6.07 Å². The van der Waals surface area contributed by atoms with Crippen molar-refractivity contribution in [2.75, 3.05) is 0 Å². The fourth-order valence-corrected chi connectivity index (χ4v) is 1.33. The van der Waals surface area contributed by atoms with E-state index in [-0.39, 0.29) is 12.1 Å². The molecular formula is C9H6F7NO. The van der Waals surface area contributed by atoms with Gasteiger partial charge in [0.1, 0.15) is 17.6 Å². The number of hydrogen-bond acceptors (Lipinski definition) is 2. The number of hydrogen-bond donors (Lipinski definition) is 2. The van der Waals surface area contributed by atoms with Crippen LogP contribution in [0.15, 0.2) is 12.1 Å². The Morgan fingerprint density at radius 1 is 1.06 bits per heavy atom. The van der Waals surface area contributed by atoms with Crippen LogP contribution >= 0.6 is 0 Å². The van der Waals surface area contributed by atoms with Crippen molar-refractivity contribution in [3.63, 3.8) is 0 Å². The summed E-state index contributed by atoms with van der Waals surface area (Å²) in [5, 5.41) is 9.05. The maximum Gasteiger partial charge on any atom is 0.416 e. The van der Waals surface area contributed by atoms with Gasteiger partial charge in [-0.25, -0.2) is 4.39 Å². The van der Waals surface area contributed by atoms with Gasteiger partial charge in [-0.15, -0.1) is 0 Å². The summed E-state index contributed by atoms with van der Waals surface area (Å²) in [6.07, 6.45) is -10.5. The van der Waals surface area contributed by atoms with E-state index in [9.17, 15) is 30.7 Å². The van der Waals surface area contributed by atoms with Crippen molar-refractivity contribution in [3.05, 3.63) is 29.1 Å². The van der Waals surface area contributed by atoms with Crippen molar-refractivity contribution in [2.45, 2.75) is 18.4 Å². The first-order valence-electron chi connectivity index (χ1n) is 4.36. The first-order chi connectivity index (χ1) is 7.94. The number of nitrogens with two attached hydrogens (primary N) is 1. The molecule has 0 aromatic heterocycles. The molecule has 3 N–H and O–H groups in total. The van der Waals surface area contributed by atoms with Gasteiger partial charge in [0, 0.05) is 11.6 Å². The average molecular weight is 277 g/mol. The number of alkyl halides is 6. The van der Waals surface area contributed by atoms with E-state index in [0.717, 1.165) is 0 Å². The number of benzene rings is 1. The van der Waals surface area contributed by atoms with E-state index in [1.54, 1.807) is 0 Å². The van der Waals surface area contributed by atoms with Gasteiger partial charge in [0.05, 0.1) is 5.56 Å². The summed E-state index contributed by atoms with van der Waals surface area (Å²) < 4.78 is 86.9. The van der Waals surface area contributed by atoms with Gasteiger partial charge in [0.25, 0.3) is 0 Å². The van der Waals surface area contributed by atoms with Crippen molar-refractivity contribution < 1.29 is 35.8 Å². The Morgan fingerprint density at radius 2 is 1.56 bits per heavy atom. The van der Waals surface area contributed by atoms with E-state index in [1.807, 2.05) is 0 Å². The van der Waals surface area contributed by atoms with Crippen LogP contribution in [-0.4, -0.2) is 11.3 Å². The summed E-state index contributed by atoms with van der Waals surface area (Å²) in [6, 6.07) is -3.08. The predicted octanol–water partition coefficient (Wildman–Crippen LogP) is 3.11. The van der Waals surface area contributed by atoms with Crippen LogP contribution in [0.25, 0.3) is 0 Å². The van der Waals surface area contributed by atoms with Crippen LogP contribution in [0.5, 0.6) is 5.75 Å². The highest BCUT2D eigenvalue weighted by Gasteiger charge is 2.45. The lowest BCUT2D eigenvalue weighted by atomic mass is 9.98. The van der Waals surface area contributed by atoms with E-state index in [2.05, 4.69) is 5.73 Å². The molecule has 0 saturated heterocycles. The zero-order valence-electron chi connectivity index (χ0n) is 8.40. The molecule has 0 bridgehead atoms. The van der Waals surface area contributed by atoms with Gasteiger partial charge in [0.15, 0.2) is 0 Å². The fourth-order valence-electron chi connectivity index (χ4n) is 1.33. The minimum Gasteiger partial charge on any atom is -0.507 e. The second-order valence-electron chi connectivity index (χ2n) is 3.40. The topological polar surface area (TPSA) is 46.2 Å². The molecule has 0 amide bonds. The Kier molecular flexibility index (Phi) is 3.48. The molecule has 0 saturated carbocycles. The Labute approximate surface area is 95.8 Å². The summed E-state index contributed by atoms with van der Waals surface area (Å²) >= 11 is 0. The molecule has 0 fully saturated rings. The molecule has 1 aromatic rings. The van der Waals surface area contributed by atoms with Crippen LogP contribution < -0.4 is 5.73 Å². The number of halogens is 7. The Balaban J connectivity index is 3.52. The van der Waals surface area contributed by atoms with Crippen molar-refractivity contribution in [2.24, 2.45) is 5.73 Å². The third-order valence-corrected chi connectivity index (χ3v) is 2.09. The standard InChI is InChI=1S/C9H6F7NO/c10-3-1-4(8(11,12)13)6(5(18)2-3)7(17)9(14,15)16/h1-2,7,18H,17H2/t7-/m1/s1. The van der Waals surface area contributed by atoms with Gasteiger partial charge in [0.2, 0.25) is 0 Å². The van der Waals surface area contributed by atoms with Crippen LogP contribution in [0.2, 0.25) is 0 Å². The molecule has 18 heavy (non-hydrogen) atoms. The predicted molar refractivity (Wildman–Crippen MR) is 46.1 cm³/mol. The van der Waals surface area contributed by atoms with Crippen molar-refractivity contribution in [1.82, 2.24) is 0 Å². The SMILES string of the molecule is N[C@H](c1c(O)cc(F)cc1C(F)(F)F)C(F)(F)F. The van der Waals surface area contributed by atoms with Crippen LogP contribution in [0.3, 0.4) is 0 Å². The Bertz CT molecular complexity index is 451. The first kappa shape index (κ1) is 14.6. The minimum atomic E-state index is -5.27. The number of aromatic hydroxyl groups is 1. The number of phenols is 1. The summed E-state index contributed by atoms with van der Waals surface area (Å²) in [7, 11) is 0. The molecule has 102 valence electrons. The lowest BCUT2D eigenvalue weighted by Crippen LogP contribution is -2.31. The first-order valence-corrected chi connectivity index (χ1v) is 4.36. The zero-order valence-corrected chi connectivity index (χ0v) is 8.40. The summed E-state index contributed by atoms with van der Waals surface area (Å²) in [5.41, 5.74) is 1.06. The van der Waals surface area contributed by atoms with Crippen LogP contribution in [0.1, 0.15) is 17.2 Å². The molecule has 0 heterocycles. The van der Waals surface area contributed by atoms with Crippen LogP contribution in [0, 0.1) is 5.82 Å². The maximum atomic E-state index is 12.7. The summed E-state index contributed by atoms with van der Waals surface area (Å²) in [5.74, 6) is -3.01. The average Bonchev–Trinajstić information content (AvgIpc) is 2.12. The molecule has 9 heteroatoms. The van der Waals surface area contributed by atoms with Crippen molar-refractivity contribution in [1.29, 1.82) is 0 Å². The molecule has 0 spiro atoms. The van der Waals surface area contributed by atoms with E-state index >= 15 is 0 Å². The van der Waals surface area contributed by atoms with E-state index < -0.39 is 41.1 Å². The zero-order chi connectivity index (χ0) is 14.3. The second kappa shape index (κ2) is 4.30. The largest absolute Gasteiger partial charge is 0.507 e. The van der Waals surface area contributed by atoms with Gasteiger partial charge in [-0.3, -0.25) is 0 Å². The van der Waals surface area contributed by atoms with E-state index in [1.165, 1.54) is 0 Å². The summed E-state index contributed by atoms with van der Waals surface area (Å²) in [6.45, 7) is 0. The third kappa shape index (κ3) is 2.84. The maximum absolute atomic E-state index is 12.7. The molecule has 1 aromatic carbocycles. The van der Waals surface area contributed by atoms with E-state index in [0.29, 0.717) is 0 Å². The minimum absolute atomic E-state index is 0.135. The van der Waals surface area contributed by atoms with Gasteiger partial charge < -0.3 is 10.8 Å². The molecule has 0 unspecified atom stereocenters. The lowest BCUT2D eigenvalue weighted by molar-refractivity contribution is -0.156. The van der Waals surface area contributed by atoms with Crippen molar-refractivity contribution >= 4 is 0 Å². The lowest BCUT2D eigenvalue weighted by Gasteiger charge is -2.21. The van der Waals surface area contributed by atoms with Gasteiger partial charge >= 0.3 is 12.4 Å². The molecule has 0 aliphatic rings. The molecule has 2 nitrogen and oxygen atoms in total. The molecular weight excluding hydrogens is 271 g/mol. The van der Waals surface area contributed by atoms with Crippen LogP contribution in [-0.2, 0) is 6.18 Å². The van der Waals surface area contributed by atoms with Crippen LogP contribution in [0.4, 0.5) is 30.7 Å². The quantitative estimate of drug-likeness (QED) is 0.775. The van der Waals surface area contributed by atoms with Gasteiger partial charge in [-0.1, -0.05) is 0 Å². The highest BCUT2D eigenvalue weighted by Crippen LogP contribution is 2.43. The second-order valence-corrected chi connectivity index (χ2v) is 3.40. The number of rotatable bonds is 1. The molecule has 0 radical (unpaired) electrons.